The summed E-state index contributed by atoms with van der Waals surface area (Å²) in [6.07, 6.45) is 2.39. The van der Waals surface area contributed by atoms with Crippen molar-refractivity contribution in [3.63, 3.8) is 0 Å². The second-order valence-electron chi connectivity index (χ2n) is 8.67. The molecule has 1 aliphatic heterocycles. The van der Waals surface area contributed by atoms with Crippen LogP contribution in [0.4, 0.5) is 13.2 Å². The lowest BCUT2D eigenvalue weighted by atomic mass is 9.71. The second kappa shape index (κ2) is 8.00. The van der Waals surface area contributed by atoms with Crippen molar-refractivity contribution in [2.75, 3.05) is 6.54 Å². The van der Waals surface area contributed by atoms with Gasteiger partial charge in [-0.1, -0.05) is 0 Å². The average Bonchev–Trinajstić information content (AvgIpc) is 3.28. The van der Waals surface area contributed by atoms with Crippen molar-refractivity contribution in [3.8, 4) is 11.3 Å². The Kier molecular flexibility index (Phi) is 5.15. The van der Waals surface area contributed by atoms with Crippen LogP contribution < -0.4 is 10.6 Å². The fourth-order valence-electron chi connectivity index (χ4n) is 4.78. The van der Waals surface area contributed by atoms with E-state index in [-0.39, 0.29) is 35.0 Å². The molecule has 2 aromatic carbocycles. The lowest BCUT2D eigenvalue weighted by molar-refractivity contribution is -0.132. The van der Waals surface area contributed by atoms with Crippen LogP contribution in [0.1, 0.15) is 24.8 Å². The van der Waals surface area contributed by atoms with E-state index in [0.29, 0.717) is 48.9 Å². The molecule has 0 radical (unpaired) electrons. The number of fused-ring (bicyclic) bond motifs is 1. The third-order valence-electron chi connectivity index (χ3n) is 6.53. The Morgan fingerprint density at radius 2 is 1.81 bits per heavy atom. The van der Waals surface area contributed by atoms with Crippen LogP contribution >= 0.6 is 0 Å². The third kappa shape index (κ3) is 3.74. The number of aromatic amines is 1. The first-order valence-corrected chi connectivity index (χ1v) is 10.7. The van der Waals surface area contributed by atoms with Crippen molar-refractivity contribution in [2.45, 2.75) is 31.7 Å². The molecule has 5 rings (SSSR count). The van der Waals surface area contributed by atoms with E-state index in [1.807, 2.05) is 0 Å². The number of rotatable bonds is 5. The Bertz CT molecular complexity index is 1200. The molecule has 2 fully saturated rings. The highest BCUT2D eigenvalue weighted by atomic mass is 19.1. The van der Waals surface area contributed by atoms with Gasteiger partial charge in [0, 0.05) is 29.6 Å². The maximum atomic E-state index is 14.4. The zero-order valence-electron chi connectivity index (χ0n) is 17.2. The Labute approximate surface area is 182 Å². The van der Waals surface area contributed by atoms with E-state index in [9.17, 15) is 22.8 Å². The van der Waals surface area contributed by atoms with Gasteiger partial charge in [-0.05, 0) is 73.1 Å². The molecule has 1 saturated heterocycles. The maximum Gasteiger partial charge on any atom is 0.242 e. The van der Waals surface area contributed by atoms with Crippen LogP contribution in [-0.4, -0.2) is 29.4 Å². The van der Waals surface area contributed by atoms with Gasteiger partial charge in [-0.25, -0.2) is 13.2 Å². The van der Waals surface area contributed by atoms with Crippen molar-refractivity contribution in [2.24, 2.45) is 11.8 Å². The lowest BCUT2D eigenvalue weighted by Crippen LogP contribution is -2.46. The minimum absolute atomic E-state index is 0.127. The molecule has 1 atom stereocenters. The van der Waals surface area contributed by atoms with E-state index in [0.717, 1.165) is 11.6 Å². The molecule has 5 nitrogen and oxygen atoms in total. The standard InChI is InChI=1S/C24H22F3N3O2/c25-15-3-1-13(2-4-15)21-17(18-10-16(26)11-19(27)22(18)30-21)9-12-7-14(8-12)23(31)29-20-5-6-28-24(20)32/h1-4,10-12,14,20,30H,5-9H2,(H,28,32)(H,29,31). The number of H-pyrrole nitrogens is 1. The predicted octanol–water partition coefficient (Wildman–Crippen LogP) is 3.83. The van der Waals surface area contributed by atoms with E-state index in [1.165, 1.54) is 18.2 Å². The summed E-state index contributed by atoms with van der Waals surface area (Å²) in [6, 6.07) is 7.52. The molecule has 166 valence electrons. The van der Waals surface area contributed by atoms with Gasteiger partial charge in [0.15, 0.2) is 0 Å². The largest absolute Gasteiger partial charge is 0.354 e. The van der Waals surface area contributed by atoms with Crippen LogP contribution in [-0.2, 0) is 16.0 Å². The number of hydrogen-bond acceptors (Lipinski definition) is 2. The summed E-state index contributed by atoms with van der Waals surface area (Å²) in [5.74, 6) is -2.03. The van der Waals surface area contributed by atoms with Gasteiger partial charge in [-0.3, -0.25) is 9.59 Å². The molecule has 3 N–H and O–H groups in total. The van der Waals surface area contributed by atoms with Crippen molar-refractivity contribution < 1.29 is 22.8 Å². The van der Waals surface area contributed by atoms with Crippen molar-refractivity contribution in [3.05, 3.63) is 59.4 Å². The highest BCUT2D eigenvalue weighted by molar-refractivity contribution is 5.92. The number of hydrogen-bond donors (Lipinski definition) is 3. The van der Waals surface area contributed by atoms with E-state index >= 15 is 0 Å². The molecule has 2 aliphatic rings. The van der Waals surface area contributed by atoms with Gasteiger partial charge in [0.05, 0.1) is 5.52 Å². The topological polar surface area (TPSA) is 74.0 Å². The molecule has 1 aromatic heterocycles. The van der Waals surface area contributed by atoms with Crippen LogP contribution in [0.3, 0.4) is 0 Å². The molecule has 3 aromatic rings. The monoisotopic (exact) mass is 441 g/mol. The summed E-state index contributed by atoms with van der Waals surface area (Å²) in [4.78, 5) is 27.2. The van der Waals surface area contributed by atoms with Crippen molar-refractivity contribution >= 4 is 22.7 Å². The zero-order valence-corrected chi connectivity index (χ0v) is 17.2. The van der Waals surface area contributed by atoms with Crippen molar-refractivity contribution in [1.29, 1.82) is 0 Å². The first kappa shape index (κ1) is 20.6. The number of carbonyl (C=O) groups excluding carboxylic acids is 2. The van der Waals surface area contributed by atoms with Gasteiger partial charge in [0.2, 0.25) is 11.8 Å². The van der Waals surface area contributed by atoms with Crippen LogP contribution in [0.2, 0.25) is 0 Å². The number of nitrogens with one attached hydrogen (secondary N) is 3. The highest BCUT2D eigenvalue weighted by Gasteiger charge is 2.37. The minimum Gasteiger partial charge on any atom is -0.354 e. The summed E-state index contributed by atoms with van der Waals surface area (Å²) < 4.78 is 41.8. The maximum absolute atomic E-state index is 14.4. The summed E-state index contributed by atoms with van der Waals surface area (Å²) in [6.45, 7) is 0.566. The van der Waals surface area contributed by atoms with E-state index in [2.05, 4.69) is 15.6 Å². The van der Waals surface area contributed by atoms with Crippen LogP contribution in [0, 0.1) is 29.3 Å². The molecule has 2 heterocycles. The smallest absolute Gasteiger partial charge is 0.242 e. The highest BCUT2D eigenvalue weighted by Crippen LogP contribution is 2.41. The molecule has 2 amide bonds. The van der Waals surface area contributed by atoms with Gasteiger partial charge in [0.1, 0.15) is 23.5 Å². The zero-order chi connectivity index (χ0) is 22.4. The molecule has 1 saturated carbocycles. The normalized spacial score (nSPS) is 22.6. The summed E-state index contributed by atoms with van der Waals surface area (Å²) in [7, 11) is 0. The Hall–Kier alpha value is -3.29. The SMILES string of the molecule is O=C(NC1CCNC1=O)C1CC(Cc2c(-c3ccc(F)cc3)[nH]c3c(F)cc(F)cc23)C1. The van der Waals surface area contributed by atoms with E-state index in [1.54, 1.807) is 12.1 Å². The Morgan fingerprint density at radius 3 is 2.50 bits per heavy atom. The van der Waals surface area contributed by atoms with Crippen molar-refractivity contribution in [1.82, 2.24) is 15.6 Å². The van der Waals surface area contributed by atoms with Crippen LogP contribution in [0.5, 0.6) is 0 Å². The molecular weight excluding hydrogens is 419 g/mol. The molecule has 0 bridgehead atoms. The molecule has 32 heavy (non-hydrogen) atoms. The minimum atomic E-state index is -0.685. The summed E-state index contributed by atoms with van der Waals surface area (Å²) >= 11 is 0. The fraction of sp³-hybridized carbons (Fsp3) is 0.333. The quantitative estimate of drug-likeness (QED) is 0.563. The first-order chi connectivity index (χ1) is 15.4. The lowest BCUT2D eigenvalue weighted by Gasteiger charge is -2.35. The average molecular weight is 441 g/mol. The van der Waals surface area contributed by atoms with Gasteiger partial charge >= 0.3 is 0 Å². The second-order valence-corrected chi connectivity index (χ2v) is 8.67. The van der Waals surface area contributed by atoms with Gasteiger partial charge < -0.3 is 15.6 Å². The fourth-order valence-corrected chi connectivity index (χ4v) is 4.78. The Balaban J connectivity index is 1.37. The number of benzene rings is 2. The predicted molar refractivity (Wildman–Crippen MR) is 113 cm³/mol. The molecule has 1 unspecified atom stereocenters. The first-order valence-electron chi connectivity index (χ1n) is 10.7. The van der Waals surface area contributed by atoms with Crippen LogP contribution in [0.15, 0.2) is 36.4 Å². The van der Waals surface area contributed by atoms with E-state index < -0.39 is 17.7 Å². The number of aromatic nitrogens is 1. The third-order valence-corrected chi connectivity index (χ3v) is 6.53. The van der Waals surface area contributed by atoms with Gasteiger partial charge in [0.25, 0.3) is 0 Å². The van der Waals surface area contributed by atoms with Gasteiger partial charge in [-0.2, -0.15) is 0 Å². The Morgan fingerprint density at radius 1 is 1.06 bits per heavy atom. The number of halogens is 3. The summed E-state index contributed by atoms with van der Waals surface area (Å²) in [5.41, 5.74) is 2.27. The van der Waals surface area contributed by atoms with Gasteiger partial charge in [-0.15, -0.1) is 0 Å². The van der Waals surface area contributed by atoms with Crippen LogP contribution in [0.25, 0.3) is 22.2 Å². The molecule has 8 heteroatoms. The molecular formula is C24H22F3N3O2. The molecule has 1 aliphatic carbocycles. The number of carbonyl (C=O) groups is 2. The molecule has 0 spiro atoms. The summed E-state index contributed by atoms with van der Waals surface area (Å²) in [5, 5.41) is 5.96. The van der Waals surface area contributed by atoms with E-state index in [4.69, 9.17) is 0 Å². The number of amides is 2.